The van der Waals surface area contributed by atoms with Gasteiger partial charge in [-0.15, -0.1) is 11.3 Å². The van der Waals surface area contributed by atoms with E-state index in [9.17, 15) is 9.59 Å². The third-order valence-corrected chi connectivity index (χ3v) is 4.61. The van der Waals surface area contributed by atoms with E-state index in [-0.39, 0.29) is 12.6 Å². The van der Waals surface area contributed by atoms with E-state index < -0.39 is 11.4 Å². The molecule has 2 amide bonds. The predicted molar refractivity (Wildman–Crippen MR) is 78.3 cm³/mol. The van der Waals surface area contributed by atoms with Crippen LogP contribution >= 0.6 is 27.3 Å². The summed E-state index contributed by atoms with van der Waals surface area (Å²) in [6, 6.07) is 3.48. The second-order valence-corrected chi connectivity index (χ2v) is 7.01. The van der Waals surface area contributed by atoms with Crippen LogP contribution in [0.5, 0.6) is 0 Å². The molecule has 106 valence electrons. The molecule has 0 aromatic carbocycles. The number of hydrogen-bond acceptors (Lipinski definition) is 3. The van der Waals surface area contributed by atoms with Gasteiger partial charge in [-0.1, -0.05) is 6.92 Å². The smallest absolute Gasteiger partial charge is 0.315 e. The predicted octanol–water partition coefficient (Wildman–Crippen LogP) is 2.81. The standard InChI is InChI=1S/C12H17BrN2O3S/c1-3-12(2,10(16)17)7-15-11(18)14-6-8-4-5-9(13)19-8/h4-5H,3,6-7H2,1-2H3,(H,16,17)(H2,14,15,18). The van der Waals surface area contributed by atoms with Gasteiger partial charge in [0.05, 0.1) is 15.7 Å². The quantitative estimate of drug-likeness (QED) is 0.739. The number of carboxylic acids is 1. The molecular weight excluding hydrogens is 332 g/mol. The van der Waals surface area contributed by atoms with Crippen LogP contribution in [0.3, 0.4) is 0 Å². The molecule has 0 spiro atoms. The van der Waals surface area contributed by atoms with Crippen LogP contribution in [-0.2, 0) is 11.3 Å². The molecule has 0 fully saturated rings. The van der Waals surface area contributed by atoms with Gasteiger partial charge in [0.15, 0.2) is 0 Å². The Labute approximate surface area is 124 Å². The lowest BCUT2D eigenvalue weighted by Gasteiger charge is -2.23. The van der Waals surface area contributed by atoms with Crippen molar-refractivity contribution in [1.29, 1.82) is 0 Å². The molecule has 19 heavy (non-hydrogen) atoms. The number of halogens is 1. The van der Waals surface area contributed by atoms with Gasteiger partial charge in [0.1, 0.15) is 0 Å². The minimum atomic E-state index is -0.927. The maximum atomic E-state index is 11.6. The molecule has 1 atom stereocenters. The molecule has 0 aliphatic rings. The normalized spacial score (nSPS) is 13.6. The summed E-state index contributed by atoms with van der Waals surface area (Å²) in [5, 5.41) is 14.4. The molecule has 1 rings (SSSR count). The van der Waals surface area contributed by atoms with Crippen molar-refractivity contribution >= 4 is 39.3 Å². The zero-order chi connectivity index (χ0) is 14.5. The summed E-state index contributed by atoms with van der Waals surface area (Å²) >= 11 is 4.89. The summed E-state index contributed by atoms with van der Waals surface area (Å²) in [4.78, 5) is 23.7. The van der Waals surface area contributed by atoms with Crippen molar-refractivity contribution in [2.75, 3.05) is 6.54 Å². The first-order valence-electron chi connectivity index (χ1n) is 5.86. The van der Waals surface area contributed by atoms with Crippen LogP contribution in [0.4, 0.5) is 4.79 Å². The van der Waals surface area contributed by atoms with Crippen LogP contribution in [-0.4, -0.2) is 23.7 Å². The first-order chi connectivity index (χ1) is 8.87. The SMILES string of the molecule is CCC(C)(CNC(=O)NCc1ccc(Br)s1)C(=O)O. The molecule has 1 unspecified atom stereocenters. The monoisotopic (exact) mass is 348 g/mol. The van der Waals surface area contributed by atoms with Gasteiger partial charge in [-0.3, -0.25) is 4.79 Å². The molecule has 1 aromatic heterocycles. The highest BCUT2D eigenvalue weighted by atomic mass is 79.9. The van der Waals surface area contributed by atoms with E-state index >= 15 is 0 Å². The molecule has 0 aliphatic carbocycles. The van der Waals surface area contributed by atoms with Gasteiger partial charge < -0.3 is 15.7 Å². The molecule has 7 heteroatoms. The fourth-order valence-electron chi connectivity index (χ4n) is 1.30. The number of nitrogens with one attached hydrogen (secondary N) is 2. The molecule has 1 aromatic rings. The lowest BCUT2D eigenvalue weighted by atomic mass is 9.88. The molecular formula is C12H17BrN2O3S. The Balaban J connectivity index is 2.37. The number of amides is 2. The highest BCUT2D eigenvalue weighted by molar-refractivity contribution is 9.11. The molecule has 5 nitrogen and oxygen atoms in total. The highest BCUT2D eigenvalue weighted by Crippen LogP contribution is 2.22. The lowest BCUT2D eigenvalue weighted by molar-refractivity contribution is -0.147. The van der Waals surface area contributed by atoms with E-state index in [2.05, 4.69) is 26.6 Å². The van der Waals surface area contributed by atoms with Gasteiger partial charge in [0.25, 0.3) is 0 Å². The first-order valence-corrected chi connectivity index (χ1v) is 7.47. The Morgan fingerprint density at radius 2 is 2.11 bits per heavy atom. The van der Waals surface area contributed by atoms with E-state index in [0.29, 0.717) is 13.0 Å². The number of urea groups is 1. The third kappa shape index (κ3) is 4.83. The fourth-order valence-corrected chi connectivity index (χ4v) is 2.73. The Bertz CT molecular complexity index is 464. The minimum Gasteiger partial charge on any atom is -0.481 e. The van der Waals surface area contributed by atoms with Crippen LogP contribution in [0, 0.1) is 5.41 Å². The van der Waals surface area contributed by atoms with Crippen LogP contribution in [0.25, 0.3) is 0 Å². The number of carbonyl (C=O) groups is 2. The maximum Gasteiger partial charge on any atom is 0.315 e. The number of carbonyl (C=O) groups excluding carboxylic acids is 1. The zero-order valence-electron chi connectivity index (χ0n) is 10.8. The van der Waals surface area contributed by atoms with Crippen LogP contribution in [0.2, 0.25) is 0 Å². The number of aliphatic carboxylic acids is 1. The minimum absolute atomic E-state index is 0.110. The molecule has 0 radical (unpaired) electrons. The van der Waals surface area contributed by atoms with E-state index in [1.807, 2.05) is 12.1 Å². The Hall–Kier alpha value is -1.08. The Kier molecular flexibility index (Phi) is 5.81. The van der Waals surface area contributed by atoms with Gasteiger partial charge in [0, 0.05) is 11.4 Å². The summed E-state index contributed by atoms with van der Waals surface area (Å²) < 4.78 is 1.01. The maximum absolute atomic E-state index is 11.6. The van der Waals surface area contributed by atoms with E-state index in [1.165, 1.54) is 0 Å². The van der Waals surface area contributed by atoms with Gasteiger partial charge in [-0.25, -0.2) is 4.79 Å². The average Bonchev–Trinajstić information content (AvgIpc) is 2.79. The van der Waals surface area contributed by atoms with Crippen molar-refractivity contribution in [3.05, 3.63) is 20.8 Å². The summed E-state index contributed by atoms with van der Waals surface area (Å²) in [6.45, 7) is 3.94. The average molecular weight is 349 g/mol. The highest BCUT2D eigenvalue weighted by Gasteiger charge is 2.31. The van der Waals surface area contributed by atoms with Crippen LogP contribution in [0.1, 0.15) is 25.1 Å². The van der Waals surface area contributed by atoms with E-state index in [4.69, 9.17) is 5.11 Å². The second kappa shape index (κ2) is 6.91. The van der Waals surface area contributed by atoms with Gasteiger partial charge >= 0.3 is 12.0 Å². The van der Waals surface area contributed by atoms with E-state index in [0.717, 1.165) is 8.66 Å². The van der Waals surface area contributed by atoms with Gasteiger partial charge in [-0.2, -0.15) is 0 Å². The number of hydrogen-bond donors (Lipinski definition) is 3. The number of thiophene rings is 1. The first kappa shape index (κ1) is 16.0. The zero-order valence-corrected chi connectivity index (χ0v) is 13.2. The van der Waals surface area contributed by atoms with Crippen molar-refractivity contribution in [2.45, 2.75) is 26.8 Å². The number of carboxylic acid groups (broad SMARTS) is 1. The molecule has 3 N–H and O–H groups in total. The lowest BCUT2D eigenvalue weighted by Crippen LogP contribution is -2.44. The van der Waals surface area contributed by atoms with Crippen LogP contribution < -0.4 is 10.6 Å². The second-order valence-electron chi connectivity index (χ2n) is 4.46. The molecule has 0 saturated heterocycles. The van der Waals surface area contributed by atoms with Crippen LogP contribution in [0.15, 0.2) is 15.9 Å². The molecule has 1 heterocycles. The summed E-state index contributed by atoms with van der Waals surface area (Å²) in [6.07, 6.45) is 0.459. The van der Waals surface area contributed by atoms with E-state index in [1.54, 1.807) is 25.2 Å². The largest absolute Gasteiger partial charge is 0.481 e. The fraction of sp³-hybridized carbons (Fsp3) is 0.500. The van der Waals surface area contributed by atoms with Crippen molar-refractivity contribution in [2.24, 2.45) is 5.41 Å². The number of rotatable bonds is 6. The van der Waals surface area contributed by atoms with Crippen molar-refractivity contribution in [3.63, 3.8) is 0 Å². The molecule has 0 aliphatic heterocycles. The summed E-state index contributed by atoms with van der Waals surface area (Å²) in [5.41, 5.74) is -0.927. The van der Waals surface area contributed by atoms with Crippen molar-refractivity contribution < 1.29 is 14.7 Å². The van der Waals surface area contributed by atoms with Crippen molar-refractivity contribution in [1.82, 2.24) is 10.6 Å². The topological polar surface area (TPSA) is 78.4 Å². The Morgan fingerprint density at radius 1 is 1.42 bits per heavy atom. The molecule has 0 saturated carbocycles. The van der Waals surface area contributed by atoms with Gasteiger partial charge in [-0.05, 0) is 41.4 Å². The summed E-state index contributed by atoms with van der Waals surface area (Å²) in [7, 11) is 0. The van der Waals surface area contributed by atoms with Gasteiger partial charge in [0.2, 0.25) is 0 Å². The van der Waals surface area contributed by atoms with Crippen molar-refractivity contribution in [3.8, 4) is 0 Å². The third-order valence-electron chi connectivity index (χ3n) is 2.99. The molecule has 0 bridgehead atoms. The summed E-state index contributed by atoms with van der Waals surface area (Å²) in [5.74, 6) is -0.905. The Morgan fingerprint density at radius 3 is 2.58 bits per heavy atom.